The second-order valence-electron chi connectivity index (χ2n) is 9.95. The Labute approximate surface area is 193 Å². The Hall–Kier alpha value is -3.22. The third-order valence-corrected chi connectivity index (χ3v) is 7.65. The zero-order valence-electron chi connectivity index (χ0n) is 19.6. The van der Waals surface area contributed by atoms with Crippen LogP contribution in [0, 0.1) is 22.6 Å². The predicted octanol–water partition coefficient (Wildman–Crippen LogP) is 4.18. The number of benzene rings is 2. The lowest BCUT2D eigenvalue weighted by atomic mass is 10.0. The van der Waals surface area contributed by atoms with Gasteiger partial charge in [0.05, 0.1) is 19.2 Å². The summed E-state index contributed by atoms with van der Waals surface area (Å²) in [6.45, 7) is 8.28. The number of rotatable bonds is 6. The van der Waals surface area contributed by atoms with Crippen LogP contribution in [0.4, 0.5) is 10.1 Å². The van der Waals surface area contributed by atoms with Crippen molar-refractivity contribution in [1.82, 2.24) is 4.90 Å². The molecule has 1 saturated carbocycles. The van der Waals surface area contributed by atoms with E-state index in [2.05, 4.69) is 0 Å². The van der Waals surface area contributed by atoms with Crippen molar-refractivity contribution in [2.75, 3.05) is 12.0 Å². The Kier molecular flexibility index (Phi) is 5.55. The summed E-state index contributed by atoms with van der Waals surface area (Å²) < 4.78 is 18.6. The van der Waals surface area contributed by atoms with E-state index in [0.717, 1.165) is 4.90 Å². The molecule has 0 radical (unpaired) electrons. The molecule has 2 aromatic rings. The van der Waals surface area contributed by atoms with Gasteiger partial charge >= 0.3 is 0 Å². The number of hydrogen-bond acceptors (Lipinski definition) is 4. The second-order valence-corrected chi connectivity index (χ2v) is 9.95. The number of anilines is 1. The van der Waals surface area contributed by atoms with Crippen LogP contribution in [0.1, 0.15) is 39.7 Å². The van der Waals surface area contributed by atoms with Crippen molar-refractivity contribution < 1.29 is 23.5 Å². The first kappa shape index (κ1) is 23.0. The molecule has 0 spiro atoms. The highest BCUT2D eigenvalue weighted by Gasteiger charge is 2.69. The number of nitrogens with zero attached hydrogens (tertiary/aromatic N) is 2. The van der Waals surface area contributed by atoms with E-state index in [4.69, 9.17) is 4.74 Å². The fraction of sp³-hybridized carbons (Fsp3) is 0.423. The van der Waals surface area contributed by atoms with Crippen molar-refractivity contribution in [3.05, 3.63) is 59.9 Å². The molecule has 6 nitrogen and oxygen atoms in total. The number of amides is 3. The number of hydrogen-bond donors (Lipinski definition) is 0. The van der Waals surface area contributed by atoms with Crippen LogP contribution < -0.4 is 9.64 Å². The highest BCUT2D eigenvalue weighted by atomic mass is 19.1. The molecule has 7 heteroatoms. The topological polar surface area (TPSA) is 66.9 Å². The summed E-state index contributed by atoms with van der Waals surface area (Å²) >= 11 is 0. The van der Waals surface area contributed by atoms with Crippen LogP contribution in [0.2, 0.25) is 0 Å². The molecule has 1 saturated heterocycles. The number of halogens is 1. The summed E-state index contributed by atoms with van der Waals surface area (Å²) in [5.41, 5.74) is 0.678. The van der Waals surface area contributed by atoms with Crippen LogP contribution in [-0.4, -0.2) is 35.8 Å². The molecule has 1 aliphatic carbocycles. The molecule has 1 atom stereocenters. The minimum absolute atomic E-state index is 0.0919. The molecule has 1 heterocycles. The van der Waals surface area contributed by atoms with Crippen molar-refractivity contribution in [3.8, 4) is 5.75 Å². The summed E-state index contributed by atoms with van der Waals surface area (Å²) in [5, 5.41) is 0. The number of carbonyl (C=O) groups excluding carboxylic acids is 3. The van der Waals surface area contributed by atoms with E-state index in [-0.39, 0.29) is 47.3 Å². The number of methoxy groups -OCH3 is 1. The van der Waals surface area contributed by atoms with Crippen LogP contribution >= 0.6 is 0 Å². The summed E-state index contributed by atoms with van der Waals surface area (Å²) in [5.74, 6) is -0.988. The van der Waals surface area contributed by atoms with Crippen LogP contribution in [-0.2, 0) is 20.9 Å². The van der Waals surface area contributed by atoms with Crippen molar-refractivity contribution in [1.29, 1.82) is 0 Å². The van der Waals surface area contributed by atoms with Gasteiger partial charge in [0.25, 0.3) is 5.91 Å². The maximum Gasteiger partial charge on any atom is 0.257 e. The molecule has 4 rings (SSSR count). The molecule has 0 aromatic heterocycles. The summed E-state index contributed by atoms with van der Waals surface area (Å²) in [7, 11) is 1.54. The molecule has 1 unspecified atom stereocenters. The molecular weight excluding hydrogens is 423 g/mol. The molecule has 2 fully saturated rings. The smallest absolute Gasteiger partial charge is 0.257 e. The summed E-state index contributed by atoms with van der Waals surface area (Å²) in [6, 6.07) is 11.6. The molecule has 3 amide bonds. The third kappa shape index (κ3) is 3.79. The van der Waals surface area contributed by atoms with Crippen molar-refractivity contribution in [2.45, 2.75) is 46.7 Å². The second kappa shape index (κ2) is 7.97. The average molecular weight is 453 g/mol. The summed E-state index contributed by atoms with van der Waals surface area (Å²) in [6.07, 6.45) is -0.0919. The molecular formula is C26H29FN2O4. The molecule has 174 valence electrons. The maximum atomic E-state index is 13.7. The minimum Gasteiger partial charge on any atom is -0.497 e. The lowest BCUT2D eigenvalue weighted by molar-refractivity contribution is -0.141. The zero-order chi connectivity index (χ0) is 24.1. The van der Waals surface area contributed by atoms with E-state index in [1.54, 1.807) is 36.4 Å². The van der Waals surface area contributed by atoms with Crippen molar-refractivity contribution >= 4 is 23.4 Å². The van der Waals surface area contributed by atoms with Gasteiger partial charge in [0.2, 0.25) is 11.8 Å². The largest absolute Gasteiger partial charge is 0.497 e. The van der Waals surface area contributed by atoms with Gasteiger partial charge in [-0.3, -0.25) is 14.4 Å². The lowest BCUT2D eigenvalue weighted by Crippen LogP contribution is -2.46. The van der Waals surface area contributed by atoms with Gasteiger partial charge in [-0.2, -0.15) is 0 Å². The van der Waals surface area contributed by atoms with E-state index < -0.39 is 11.9 Å². The third-order valence-electron chi connectivity index (χ3n) is 7.65. The molecule has 2 aromatic carbocycles. The fourth-order valence-corrected chi connectivity index (χ4v) is 4.97. The number of imide groups is 1. The van der Waals surface area contributed by atoms with Gasteiger partial charge in [0.15, 0.2) is 0 Å². The van der Waals surface area contributed by atoms with Gasteiger partial charge < -0.3 is 9.64 Å². The van der Waals surface area contributed by atoms with Crippen molar-refractivity contribution in [2.24, 2.45) is 16.7 Å². The first-order chi connectivity index (χ1) is 15.5. The monoisotopic (exact) mass is 452 g/mol. The van der Waals surface area contributed by atoms with E-state index in [0.29, 0.717) is 17.0 Å². The SMILES string of the molecule is COc1ccc(N2C(=O)CC(N(Cc3ccc(F)cc3)C(=O)C3C(C)(C)C3(C)C)C2=O)cc1. The predicted molar refractivity (Wildman–Crippen MR) is 122 cm³/mol. The maximum absolute atomic E-state index is 13.7. The van der Waals surface area contributed by atoms with Crippen LogP contribution in [0.3, 0.4) is 0 Å². The average Bonchev–Trinajstić information content (AvgIpc) is 3.01. The molecule has 2 aliphatic rings. The van der Waals surface area contributed by atoms with Gasteiger partial charge in [0.1, 0.15) is 17.6 Å². The molecule has 0 N–H and O–H groups in total. The lowest BCUT2D eigenvalue weighted by Gasteiger charge is -2.29. The quantitative estimate of drug-likeness (QED) is 0.617. The van der Waals surface area contributed by atoms with Crippen LogP contribution in [0.15, 0.2) is 48.5 Å². The zero-order valence-corrected chi connectivity index (χ0v) is 19.6. The van der Waals surface area contributed by atoms with Crippen LogP contribution in [0.25, 0.3) is 0 Å². The van der Waals surface area contributed by atoms with Gasteiger partial charge in [-0.05, 0) is 52.8 Å². The molecule has 1 aliphatic heterocycles. The highest BCUT2D eigenvalue weighted by Crippen LogP contribution is 2.69. The summed E-state index contributed by atoms with van der Waals surface area (Å²) in [4.78, 5) is 42.7. The van der Waals surface area contributed by atoms with Crippen LogP contribution in [0.5, 0.6) is 5.75 Å². The molecule has 0 bridgehead atoms. The minimum atomic E-state index is -0.913. The van der Waals surface area contributed by atoms with Gasteiger partial charge in [0, 0.05) is 12.5 Å². The number of ether oxygens (including phenoxy) is 1. The Bertz CT molecular complexity index is 1080. The van der Waals surface area contributed by atoms with Crippen molar-refractivity contribution in [3.63, 3.8) is 0 Å². The van der Waals surface area contributed by atoms with E-state index >= 15 is 0 Å². The number of carbonyl (C=O) groups is 3. The van der Waals surface area contributed by atoms with E-state index in [9.17, 15) is 18.8 Å². The van der Waals surface area contributed by atoms with E-state index in [1.807, 2.05) is 27.7 Å². The van der Waals surface area contributed by atoms with Gasteiger partial charge in [-0.1, -0.05) is 39.8 Å². The Morgan fingerprint density at radius 3 is 2.12 bits per heavy atom. The molecule has 33 heavy (non-hydrogen) atoms. The Morgan fingerprint density at radius 1 is 1.03 bits per heavy atom. The fourth-order valence-electron chi connectivity index (χ4n) is 4.97. The van der Waals surface area contributed by atoms with Gasteiger partial charge in [-0.25, -0.2) is 9.29 Å². The highest BCUT2D eigenvalue weighted by molar-refractivity contribution is 6.23. The first-order valence-electron chi connectivity index (χ1n) is 11.0. The normalized spacial score (nSPS) is 21.3. The Balaban J connectivity index is 1.66. The standard InChI is InChI=1S/C26H29FN2O4/c1-25(2)22(26(25,3)4)24(32)28(15-16-6-8-17(27)9-7-16)20-14-21(30)29(23(20)31)18-10-12-19(33-5)13-11-18/h6-13,20,22H,14-15H2,1-5H3. The van der Waals surface area contributed by atoms with Gasteiger partial charge in [-0.15, -0.1) is 0 Å². The van der Waals surface area contributed by atoms with E-state index in [1.165, 1.54) is 24.1 Å². The Morgan fingerprint density at radius 2 is 1.61 bits per heavy atom. The first-order valence-corrected chi connectivity index (χ1v) is 11.0.